The summed E-state index contributed by atoms with van der Waals surface area (Å²) in [7, 11) is 0. The van der Waals surface area contributed by atoms with Crippen LogP contribution in [0.2, 0.25) is 0 Å². The van der Waals surface area contributed by atoms with E-state index in [4.69, 9.17) is 0 Å². The molecule has 0 saturated heterocycles. The standard InChI is InChI=1S/C7H10O4.2K/c1-7(2)3(5(8)9)4(7)6(10)11;;/h3-4H,1-2H3,(H,8,9)(H,10,11);;/q;2*+1/p-2. The van der Waals surface area contributed by atoms with E-state index in [2.05, 4.69) is 0 Å². The summed E-state index contributed by atoms with van der Waals surface area (Å²) in [5.41, 5.74) is -0.697. The van der Waals surface area contributed by atoms with Crippen LogP contribution in [0.5, 0.6) is 0 Å². The summed E-state index contributed by atoms with van der Waals surface area (Å²) >= 11 is 0. The minimum atomic E-state index is -1.30. The van der Waals surface area contributed by atoms with Gasteiger partial charge < -0.3 is 19.8 Å². The Bertz CT molecular complexity index is 205. The smallest absolute Gasteiger partial charge is 0.550 e. The third-order valence-electron chi connectivity index (χ3n) is 2.34. The molecule has 1 rings (SSSR count). The first-order valence-electron chi connectivity index (χ1n) is 3.30. The van der Waals surface area contributed by atoms with Crippen molar-refractivity contribution in [2.24, 2.45) is 17.3 Å². The molecule has 13 heavy (non-hydrogen) atoms. The number of carbonyl (C=O) groups is 2. The molecule has 0 bridgehead atoms. The van der Waals surface area contributed by atoms with Crippen LogP contribution in [-0.2, 0) is 9.59 Å². The molecule has 1 saturated carbocycles. The van der Waals surface area contributed by atoms with Crippen molar-refractivity contribution < 1.29 is 123 Å². The molecule has 0 radical (unpaired) electrons. The average molecular weight is 234 g/mol. The minimum absolute atomic E-state index is 0. The second kappa shape index (κ2) is 6.07. The maximum Gasteiger partial charge on any atom is 1.00 e. The largest absolute Gasteiger partial charge is 1.00 e. The van der Waals surface area contributed by atoms with Crippen LogP contribution in [0.15, 0.2) is 0 Å². The third-order valence-corrected chi connectivity index (χ3v) is 2.34. The number of aliphatic carboxylic acids is 2. The topological polar surface area (TPSA) is 80.3 Å². The van der Waals surface area contributed by atoms with Gasteiger partial charge in [-0.3, -0.25) is 0 Å². The van der Waals surface area contributed by atoms with Gasteiger partial charge in [0.25, 0.3) is 0 Å². The van der Waals surface area contributed by atoms with Crippen molar-refractivity contribution in [3.8, 4) is 0 Å². The van der Waals surface area contributed by atoms with Gasteiger partial charge in [0.2, 0.25) is 0 Å². The average Bonchev–Trinajstić information content (AvgIpc) is 2.33. The first-order valence-corrected chi connectivity index (χ1v) is 3.30. The monoisotopic (exact) mass is 234 g/mol. The first-order chi connectivity index (χ1) is 4.89. The van der Waals surface area contributed by atoms with Gasteiger partial charge in [-0.25, -0.2) is 0 Å². The van der Waals surface area contributed by atoms with E-state index in [1.54, 1.807) is 13.8 Å². The van der Waals surface area contributed by atoms with Crippen molar-refractivity contribution in [2.45, 2.75) is 13.8 Å². The summed E-state index contributed by atoms with van der Waals surface area (Å²) < 4.78 is 0. The Labute approximate surface area is 162 Å². The summed E-state index contributed by atoms with van der Waals surface area (Å²) in [6, 6.07) is 0. The van der Waals surface area contributed by atoms with Crippen molar-refractivity contribution >= 4 is 11.9 Å². The molecule has 6 heteroatoms. The molecule has 0 N–H and O–H groups in total. The van der Waals surface area contributed by atoms with E-state index in [9.17, 15) is 19.8 Å². The molecule has 62 valence electrons. The maximum atomic E-state index is 10.3. The Morgan fingerprint density at radius 1 is 1.00 bits per heavy atom. The molecule has 0 aliphatic heterocycles. The molecule has 0 aromatic heterocycles. The zero-order valence-corrected chi connectivity index (χ0v) is 14.5. The Morgan fingerprint density at radius 3 is 1.31 bits per heavy atom. The van der Waals surface area contributed by atoms with Crippen LogP contribution in [0.25, 0.3) is 0 Å². The quantitative estimate of drug-likeness (QED) is 0.444. The number of hydrogen-bond acceptors (Lipinski definition) is 4. The summed E-state index contributed by atoms with van der Waals surface area (Å²) in [6.45, 7) is 3.15. The number of carboxylic acids is 2. The van der Waals surface area contributed by atoms with Gasteiger partial charge in [0.15, 0.2) is 0 Å². The molecule has 0 amide bonds. The fraction of sp³-hybridized carbons (Fsp3) is 0.714. The van der Waals surface area contributed by atoms with Crippen LogP contribution < -0.4 is 113 Å². The summed E-state index contributed by atoms with van der Waals surface area (Å²) in [6.07, 6.45) is 0. The zero-order chi connectivity index (χ0) is 8.81. The fourth-order valence-corrected chi connectivity index (χ4v) is 1.52. The van der Waals surface area contributed by atoms with Gasteiger partial charge in [-0.2, -0.15) is 0 Å². The normalized spacial score (nSPS) is 27.8. The molecule has 1 aliphatic rings. The van der Waals surface area contributed by atoms with E-state index in [0.29, 0.717) is 0 Å². The van der Waals surface area contributed by atoms with E-state index in [-0.39, 0.29) is 103 Å². The fourth-order valence-electron chi connectivity index (χ4n) is 1.52. The van der Waals surface area contributed by atoms with Crippen LogP contribution in [-0.4, -0.2) is 11.9 Å². The third kappa shape index (κ3) is 3.62. The predicted octanol–water partition coefficient (Wildman–Crippen LogP) is -8.23. The van der Waals surface area contributed by atoms with Crippen molar-refractivity contribution in [1.29, 1.82) is 0 Å². The second-order valence-electron chi connectivity index (χ2n) is 3.41. The van der Waals surface area contributed by atoms with Gasteiger partial charge in [0, 0.05) is 23.8 Å². The van der Waals surface area contributed by atoms with Crippen molar-refractivity contribution in [3.63, 3.8) is 0 Å². The van der Waals surface area contributed by atoms with Crippen LogP contribution in [0, 0.1) is 17.3 Å². The molecule has 4 nitrogen and oxygen atoms in total. The first kappa shape index (κ1) is 17.6. The maximum absolute atomic E-state index is 10.3. The number of hydrogen-bond donors (Lipinski definition) is 0. The van der Waals surface area contributed by atoms with Crippen molar-refractivity contribution in [2.75, 3.05) is 0 Å². The van der Waals surface area contributed by atoms with E-state index < -0.39 is 29.2 Å². The van der Waals surface area contributed by atoms with E-state index >= 15 is 0 Å². The summed E-state index contributed by atoms with van der Waals surface area (Å²) in [5, 5.41) is 20.6. The van der Waals surface area contributed by atoms with Gasteiger partial charge in [-0.1, -0.05) is 13.8 Å². The Balaban J connectivity index is 0. The SMILES string of the molecule is CC1(C)C(C(=O)[O-])C1C(=O)[O-].[K+].[K+]. The zero-order valence-electron chi connectivity index (χ0n) is 8.29. The van der Waals surface area contributed by atoms with E-state index in [1.165, 1.54) is 0 Å². The summed E-state index contributed by atoms with van der Waals surface area (Å²) in [4.78, 5) is 20.6. The number of rotatable bonds is 2. The summed E-state index contributed by atoms with van der Waals surface area (Å²) in [5.74, 6) is -4.37. The molecule has 0 heterocycles. The van der Waals surface area contributed by atoms with Gasteiger partial charge >= 0.3 is 103 Å². The molecule has 0 aromatic rings. The Morgan fingerprint density at radius 2 is 1.23 bits per heavy atom. The Hall–Kier alpha value is 2.21. The van der Waals surface area contributed by atoms with Crippen LogP contribution in [0.1, 0.15) is 13.8 Å². The van der Waals surface area contributed by atoms with Crippen LogP contribution in [0.3, 0.4) is 0 Å². The van der Waals surface area contributed by atoms with Crippen LogP contribution >= 0.6 is 0 Å². The van der Waals surface area contributed by atoms with E-state index in [1.807, 2.05) is 0 Å². The second-order valence-corrected chi connectivity index (χ2v) is 3.41. The molecule has 0 spiro atoms. The van der Waals surface area contributed by atoms with Crippen LogP contribution in [0.4, 0.5) is 0 Å². The molecular formula is C7H8K2O4. The van der Waals surface area contributed by atoms with Gasteiger partial charge in [-0.15, -0.1) is 0 Å². The van der Waals surface area contributed by atoms with Crippen molar-refractivity contribution in [3.05, 3.63) is 0 Å². The van der Waals surface area contributed by atoms with E-state index in [0.717, 1.165) is 0 Å². The van der Waals surface area contributed by atoms with Gasteiger partial charge in [0.1, 0.15) is 0 Å². The molecular weight excluding hydrogens is 226 g/mol. The Kier molecular flexibility index (Phi) is 8.22. The van der Waals surface area contributed by atoms with Gasteiger partial charge in [0.05, 0.1) is 0 Å². The molecule has 2 unspecified atom stereocenters. The molecule has 0 aromatic carbocycles. The minimum Gasteiger partial charge on any atom is -0.550 e. The van der Waals surface area contributed by atoms with Gasteiger partial charge in [-0.05, 0) is 5.41 Å². The predicted molar refractivity (Wildman–Crippen MR) is 30.8 cm³/mol. The molecule has 1 fully saturated rings. The molecule has 1 aliphatic carbocycles. The van der Waals surface area contributed by atoms with Crippen molar-refractivity contribution in [1.82, 2.24) is 0 Å². The number of carbonyl (C=O) groups excluding carboxylic acids is 2. The molecule has 2 atom stereocenters. The number of carboxylic acid groups (broad SMARTS) is 2.